The molecule has 0 amide bonds. The van der Waals surface area contributed by atoms with Crippen LogP contribution in [0.5, 0.6) is 5.75 Å². The van der Waals surface area contributed by atoms with Crippen molar-refractivity contribution in [1.82, 2.24) is 0 Å². The first-order valence-electron chi connectivity index (χ1n) is 8.32. The lowest BCUT2D eigenvalue weighted by atomic mass is 9.77. The van der Waals surface area contributed by atoms with E-state index in [1.165, 1.54) is 12.5 Å². The highest BCUT2D eigenvalue weighted by Crippen LogP contribution is 2.39. The molecule has 0 heterocycles. The van der Waals surface area contributed by atoms with Crippen LogP contribution in [0.15, 0.2) is 30.0 Å². The van der Waals surface area contributed by atoms with Crippen LogP contribution in [0.2, 0.25) is 0 Å². The second-order valence-electron chi connectivity index (χ2n) is 6.38. The Balaban J connectivity index is 2.06. The van der Waals surface area contributed by atoms with Gasteiger partial charge in [-0.05, 0) is 55.2 Å². The Kier molecular flexibility index (Phi) is 6.41. The van der Waals surface area contributed by atoms with Crippen LogP contribution in [0.1, 0.15) is 56.9 Å². The third kappa shape index (κ3) is 5.16. The van der Waals surface area contributed by atoms with Gasteiger partial charge >= 0.3 is 12.2 Å². The van der Waals surface area contributed by atoms with Gasteiger partial charge in [-0.1, -0.05) is 25.8 Å². The van der Waals surface area contributed by atoms with E-state index in [1.54, 1.807) is 0 Å². The summed E-state index contributed by atoms with van der Waals surface area (Å²) in [6.45, 7) is 2.13. The minimum absolute atomic E-state index is 0.156. The summed E-state index contributed by atoms with van der Waals surface area (Å²) in [5, 5.41) is 0. The zero-order valence-corrected chi connectivity index (χ0v) is 13.8. The lowest BCUT2D eigenvalue weighted by Crippen LogP contribution is -2.13. The van der Waals surface area contributed by atoms with Gasteiger partial charge in [0.1, 0.15) is 0 Å². The average molecular weight is 366 g/mol. The molecule has 0 saturated heterocycles. The fraction of sp³-hybridized carbons (Fsp3) is 0.556. The van der Waals surface area contributed by atoms with E-state index in [2.05, 4.69) is 11.7 Å². The van der Waals surface area contributed by atoms with E-state index >= 15 is 0 Å². The molecule has 0 atom stereocenters. The van der Waals surface area contributed by atoms with Crippen LogP contribution in [-0.2, 0) is 0 Å². The van der Waals surface area contributed by atoms with Crippen molar-refractivity contribution in [3.63, 3.8) is 0 Å². The molecular formula is C18H20F6O. The molecule has 1 nitrogen and oxygen atoms in total. The van der Waals surface area contributed by atoms with Crippen molar-refractivity contribution in [3.8, 4) is 5.75 Å². The number of rotatable bonds is 5. The maximum Gasteiger partial charge on any atom is 0.449 e. The van der Waals surface area contributed by atoms with Crippen LogP contribution in [-0.4, -0.2) is 6.18 Å². The maximum atomic E-state index is 14.0. The van der Waals surface area contributed by atoms with Crippen molar-refractivity contribution < 1.29 is 31.1 Å². The third-order valence-electron chi connectivity index (χ3n) is 4.59. The van der Waals surface area contributed by atoms with Gasteiger partial charge in [-0.2, -0.15) is 22.0 Å². The first kappa shape index (κ1) is 19.7. The van der Waals surface area contributed by atoms with Gasteiger partial charge in [-0.25, -0.2) is 4.39 Å². The smallest absolute Gasteiger partial charge is 0.426 e. The second kappa shape index (κ2) is 8.15. The molecule has 1 aliphatic rings. The summed E-state index contributed by atoms with van der Waals surface area (Å²) in [7, 11) is 0. The largest absolute Gasteiger partial charge is 0.449 e. The van der Waals surface area contributed by atoms with E-state index in [0.717, 1.165) is 44.2 Å². The van der Waals surface area contributed by atoms with Crippen molar-refractivity contribution in [2.75, 3.05) is 0 Å². The zero-order valence-electron chi connectivity index (χ0n) is 13.8. The minimum Gasteiger partial charge on any atom is -0.426 e. The molecular weight excluding hydrogens is 346 g/mol. The molecule has 0 N–H and O–H groups in total. The molecule has 1 aromatic carbocycles. The summed E-state index contributed by atoms with van der Waals surface area (Å²) >= 11 is 0. The van der Waals surface area contributed by atoms with Gasteiger partial charge in [-0.15, -0.1) is 0 Å². The molecule has 7 heteroatoms. The summed E-state index contributed by atoms with van der Waals surface area (Å²) in [6.07, 6.45) is 0.688. The van der Waals surface area contributed by atoms with Crippen molar-refractivity contribution >= 4 is 0 Å². The molecule has 0 spiro atoms. The molecule has 25 heavy (non-hydrogen) atoms. The van der Waals surface area contributed by atoms with Crippen LogP contribution in [0.25, 0.3) is 0 Å². The lowest BCUT2D eigenvalue weighted by molar-refractivity contribution is -0.114. The van der Waals surface area contributed by atoms with Gasteiger partial charge in [0, 0.05) is 0 Å². The summed E-state index contributed by atoms with van der Waals surface area (Å²) in [5.41, 5.74) is 0.695. The standard InChI is InChI=1S/C18H20F6O/c1-2-3-11-4-6-12(7-5-11)13-8-9-15(14(19)10-13)25-17(21)16(20)18(22,23)24/h8-12H,2-7H2,1H3. The number of alkyl halides is 3. The predicted octanol–water partition coefficient (Wildman–Crippen LogP) is 6.95. The first-order chi connectivity index (χ1) is 11.7. The van der Waals surface area contributed by atoms with Gasteiger partial charge in [0.15, 0.2) is 11.6 Å². The van der Waals surface area contributed by atoms with Crippen LogP contribution in [0.3, 0.4) is 0 Å². The van der Waals surface area contributed by atoms with E-state index < -0.39 is 29.6 Å². The minimum atomic E-state index is -5.52. The molecule has 0 radical (unpaired) electrons. The molecule has 0 bridgehead atoms. The summed E-state index contributed by atoms with van der Waals surface area (Å²) in [6, 6.07) is 1.15. The Morgan fingerprint density at radius 1 is 1.12 bits per heavy atom. The number of allylic oxidation sites excluding steroid dienone is 1. The van der Waals surface area contributed by atoms with E-state index in [0.29, 0.717) is 11.5 Å². The Labute approximate surface area is 142 Å². The highest BCUT2D eigenvalue weighted by molar-refractivity contribution is 5.32. The Bertz CT molecular complexity index is 614. The van der Waals surface area contributed by atoms with Crippen molar-refractivity contribution in [2.45, 2.75) is 57.5 Å². The van der Waals surface area contributed by atoms with Gasteiger partial charge in [0.05, 0.1) is 0 Å². The molecule has 0 aliphatic heterocycles. The number of ether oxygens (including phenoxy) is 1. The van der Waals surface area contributed by atoms with Gasteiger partial charge in [0.25, 0.3) is 5.83 Å². The maximum absolute atomic E-state index is 14.0. The molecule has 140 valence electrons. The molecule has 1 saturated carbocycles. The Morgan fingerprint density at radius 2 is 1.76 bits per heavy atom. The molecule has 1 aliphatic carbocycles. The van der Waals surface area contributed by atoms with Gasteiger partial charge in [-0.3, -0.25) is 0 Å². The van der Waals surface area contributed by atoms with Crippen LogP contribution >= 0.6 is 0 Å². The van der Waals surface area contributed by atoms with E-state index in [1.807, 2.05) is 0 Å². The summed E-state index contributed by atoms with van der Waals surface area (Å²) < 4.78 is 80.1. The van der Waals surface area contributed by atoms with Crippen molar-refractivity contribution in [1.29, 1.82) is 0 Å². The predicted molar refractivity (Wildman–Crippen MR) is 81.9 cm³/mol. The average Bonchev–Trinajstić information content (AvgIpc) is 2.56. The fourth-order valence-corrected chi connectivity index (χ4v) is 3.30. The molecule has 0 unspecified atom stereocenters. The fourth-order valence-electron chi connectivity index (χ4n) is 3.30. The second-order valence-corrected chi connectivity index (χ2v) is 6.38. The summed E-state index contributed by atoms with van der Waals surface area (Å²) in [4.78, 5) is 0. The van der Waals surface area contributed by atoms with Crippen molar-refractivity contribution in [2.24, 2.45) is 5.92 Å². The number of hydrogen-bond acceptors (Lipinski definition) is 1. The number of benzene rings is 1. The highest BCUT2D eigenvalue weighted by atomic mass is 19.4. The molecule has 1 aromatic rings. The monoisotopic (exact) mass is 366 g/mol. The normalized spacial score (nSPS) is 22.5. The topological polar surface area (TPSA) is 9.23 Å². The molecule has 1 fully saturated rings. The Morgan fingerprint density at radius 3 is 2.28 bits per heavy atom. The SMILES string of the molecule is CCCC1CCC(c2ccc(OC(F)=C(F)C(F)(F)F)c(F)c2)CC1. The lowest BCUT2D eigenvalue weighted by Gasteiger charge is -2.28. The Hall–Kier alpha value is -1.66. The van der Waals surface area contributed by atoms with Crippen LogP contribution in [0, 0.1) is 11.7 Å². The number of hydrogen-bond donors (Lipinski definition) is 0. The zero-order chi connectivity index (χ0) is 18.6. The summed E-state index contributed by atoms with van der Waals surface area (Å²) in [5.74, 6) is -3.98. The third-order valence-corrected chi connectivity index (χ3v) is 4.59. The first-order valence-corrected chi connectivity index (χ1v) is 8.32. The molecule has 2 rings (SSSR count). The van der Waals surface area contributed by atoms with Crippen LogP contribution in [0.4, 0.5) is 26.3 Å². The number of halogens is 6. The van der Waals surface area contributed by atoms with E-state index in [4.69, 9.17) is 0 Å². The highest BCUT2D eigenvalue weighted by Gasteiger charge is 2.39. The van der Waals surface area contributed by atoms with Crippen LogP contribution < -0.4 is 4.74 Å². The quantitative estimate of drug-likeness (QED) is 0.405. The van der Waals surface area contributed by atoms with E-state index in [-0.39, 0.29) is 5.92 Å². The van der Waals surface area contributed by atoms with Gasteiger partial charge < -0.3 is 4.74 Å². The van der Waals surface area contributed by atoms with Crippen molar-refractivity contribution in [3.05, 3.63) is 41.4 Å². The molecule has 0 aromatic heterocycles. The van der Waals surface area contributed by atoms with E-state index in [9.17, 15) is 26.3 Å². The van der Waals surface area contributed by atoms with Gasteiger partial charge in [0.2, 0.25) is 0 Å².